The average Bonchev–Trinajstić information content (AvgIpc) is 2.78. The van der Waals surface area contributed by atoms with Crippen molar-refractivity contribution in [1.29, 1.82) is 0 Å². The third-order valence-corrected chi connectivity index (χ3v) is 3.16. The molecule has 1 fully saturated rings. The van der Waals surface area contributed by atoms with E-state index in [9.17, 15) is 5.11 Å². The summed E-state index contributed by atoms with van der Waals surface area (Å²) in [5.74, 6) is 1.09. The van der Waals surface area contributed by atoms with Crippen LogP contribution in [0.4, 0.5) is 0 Å². The van der Waals surface area contributed by atoms with Crippen molar-refractivity contribution in [3.8, 4) is 0 Å². The first-order valence-electron chi connectivity index (χ1n) is 5.65. The Morgan fingerprint density at radius 2 is 2.47 bits per heavy atom. The number of aliphatic hydroxyl groups excluding tert-OH is 1. The van der Waals surface area contributed by atoms with Crippen LogP contribution in [0.3, 0.4) is 0 Å². The van der Waals surface area contributed by atoms with E-state index in [1.807, 2.05) is 24.0 Å². The van der Waals surface area contributed by atoms with Gasteiger partial charge in [0.2, 0.25) is 0 Å². The molecule has 0 aromatic carbocycles. The Hall–Kier alpha value is -0.870. The summed E-state index contributed by atoms with van der Waals surface area (Å²) >= 11 is 0. The van der Waals surface area contributed by atoms with Gasteiger partial charge in [0.1, 0.15) is 5.82 Å². The number of nitrogens with one attached hydrogen (secondary N) is 1. The Kier molecular flexibility index (Phi) is 3.38. The fraction of sp³-hybridized carbons (Fsp3) is 0.727. The van der Waals surface area contributed by atoms with E-state index in [-0.39, 0.29) is 6.10 Å². The Morgan fingerprint density at radius 1 is 1.60 bits per heavy atom. The Bertz CT molecular complexity index is 311. The summed E-state index contributed by atoms with van der Waals surface area (Å²) in [6, 6.07) is 0.297. The molecule has 4 nitrogen and oxygen atoms in total. The molecule has 1 saturated carbocycles. The summed E-state index contributed by atoms with van der Waals surface area (Å²) < 4.78 is 2.03. The van der Waals surface area contributed by atoms with Gasteiger partial charge in [0.05, 0.1) is 6.10 Å². The van der Waals surface area contributed by atoms with Gasteiger partial charge in [-0.1, -0.05) is 0 Å². The quantitative estimate of drug-likeness (QED) is 0.757. The summed E-state index contributed by atoms with van der Waals surface area (Å²) in [5, 5.41) is 13.0. The standard InChI is InChI=1S/C11H19N3O/c1-14-8-7-13-11(14)5-6-12-9-3-2-4-10(9)15/h7-10,12,15H,2-6H2,1H3/t9-,10-/m1/s1. The summed E-state index contributed by atoms with van der Waals surface area (Å²) in [6.07, 6.45) is 7.74. The molecule has 4 heteroatoms. The predicted molar refractivity (Wildman–Crippen MR) is 58.6 cm³/mol. The van der Waals surface area contributed by atoms with Gasteiger partial charge in [-0.2, -0.15) is 0 Å². The number of hydrogen-bond acceptors (Lipinski definition) is 3. The fourth-order valence-electron chi connectivity index (χ4n) is 2.19. The maximum absolute atomic E-state index is 9.62. The van der Waals surface area contributed by atoms with Crippen molar-refractivity contribution < 1.29 is 5.11 Å². The minimum Gasteiger partial charge on any atom is -0.392 e. The number of hydrogen-bond donors (Lipinski definition) is 2. The lowest BCUT2D eigenvalue weighted by Crippen LogP contribution is -2.37. The molecule has 1 heterocycles. The number of aromatic nitrogens is 2. The Labute approximate surface area is 90.3 Å². The smallest absolute Gasteiger partial charge is 0.109 e. The average molecular weight is 209 g/mol. The Morgan fingerprint density at radius 3 is 3.07 bits per heavy atom. The molecule has 15 heavy (non-hydrogen) atoms. The van der Waals surface area contributed by atoms with Crippen molar-refractivity contribution >= 4 is 0 Å². The first-order valence-corrected chi connectivity index (χ1v) is 5.65. The van der Waals surface area contributed by atoms with Gasteiger partial charge in [-0.05, 0) is 19.3 Å². The van der Waals surface area contributed by atoms with Gasteiger partial charge in [0.15, 0.2) is 0 Å². The number of rotatable bonds is 4. The zero-order valence-corrected chi connectivity index (χ0v) is 9.19. The lowest BCUT2D eigenvalue weighted by atomic mass is 10.2. The first-order chi connectivity index (χ1) is 7.27. The van der Waals surface area contributed by atoms with Crippen LogP contribution in [0.1, 0.15) is 25.1 Å². The highest BCUT2D eigenvalue weighted by molar-refractivity contribution is 4.92. The largest absolute Gasteiger partial charge is 0.392 e. The topological polar surface area (TPSA) is 50.1 Å². The van der Waals surface area contributed by atoms with Crippen molar-refractivity contribution in [1.82, 2.24) is 14.9 Å². The van der Waals surface area contributed by atoms with Crippen molar-refractivity contribution in [3.63, 3.8) is 0 Å². The molecule has 1 aromatic heterocycles. The SMILES string of the molecule is Cn1ccnc1CCN[C@@H]1CCC[C@H]1O. The van der Waals surface area contributed by atoms with E-state index in [1.54, 1.807) is 0 Å². The molecular formula is C11H19N3O. The molecule has 0 radical (unpaired) electrons. The molecule has 2 rings (SSSR count). The van der Waals surface area contributed by atoms with Crippen LogP contribution in [0.25, 0.3) is 0 Å². The molecule has 2 atom stereocenters. The maximum Gasteiger partial charge on any atom is 0.109 e. The van der Waals surface area contributed by atoms with Crippen molar-refractivity contribution in [3.05, 3.63) is 18.2 Å². The second-order valence-corrected chi connectivity index (χ2v) is 4.26. The van der Waals surface area contributed by atoms with E-state index in [0.29, 0.717) is 6.04 Å². The van der Waals surface area contributed by atoms with Crippen LogP contribution in [0.2, 0.25) is 0 Å². The van der Waals surface area contributed by atoms with Gasteiger partial charge >= 0.3 is 0 Å². The predicted octanol–water partition coefficient (Wildman–Crippen LogP) is 0.466. The molecule has 0 aliphatic heterocycles. The van der Waals surface area contributed by atoms with Crippen LogP contribution in [0.5, 0.6) is 0 Å². The van der Waals surface area contributed by atoms with Crippen LogP contribution >= 0.6 is 0 Å². The second-order valence-electron chi connectivity index (χ2n) is 4.26. The number of imidazole rings is 1. The second kappa shape index (κ2) is 4.77. The van der Waals surface area contributed by atoms with E-state index in [2.05, 4.69) is 10.3 Å². The molecule has 1 aromatic rings. The molecule has 1 aliphatic carbocycles. The maximum atomic E-state index is 9.62. The molecule has 0 saturated heterocycles. The van der Waals surface area contributed by atoms with Crippen LogP contribution in [-0.4, -0.2) is 33.3 Å². The lowest BCUT2D eigenvalue weighted by molar-refractivity contribution is 0.149. The van der Waals surface area contributed by atoms with Gasteiger partial charge in [0.25, 0.3) is 0 Å². The third kappa shape index (κ3) is 2.58. The highest BCUT2D eigenvalue weighted by atomic mass is 16.3. The van der Waals surface area contributed by atoms with Crippen LogP contribution in [0, 0.1) is 0 Å². The Balaban J connectivity index is 1.73. The van der Waals surface area contributed by atoms with E-state index < -0.39 is 0 Å². The highest BCUT2D eigenvalue weighted by Crippen LogP contribution is 2.18. The van der Waals surface area contributed by atoms with Crippen molar-refractivity contribution in [2.45, 2.75) is 37.8 Å². The van der Waals surface area contributed by atoms with Gasteiger partial charge in [-0.15, -0.1) is 0 Å². The highest BCUT2D eigenvalue weighted by Gasteiger charge is 2.24. The molecule has 0 amide bonds. The van der Waals surface area contributed by atoms with Crippen LogP contribution in [0.15, 0.2) is 12.4 Å². The summed E-state index contributed by atoms with van der Waals surface area (Å²) in [5.41, 5.74) is 0. The monoisotopic (exact) mass is 209 g/mol. The lowest BCUT2D eigenvalue weighted by Gasteiger charge is -2.15. The summed E-state index contributed by atoms with van der Waals surface area (Å²) in [4.78, 5) is 4.26. The summed E-state index contributed by atoms with van der Waals surface area (Å²) in [7, 11) is 2.01. The van der Waals surface area contributed by atoms with Gasteiger partial charge in [-0.3, -0.25) is 0 Å². The minimum atomic E-state index is -0.147. The van der Waals surface area contributed by atoms with E-state index in [4.69, 9.17) is 0 Å². The molecule has 0 bridgehead atoms. The normalized spacial score (nSPS) is 26.0. The van der Waals surface area contributed by atoms with Crippen molar-refractivity contribution in [2.24, 2.45) is 7.05 Å². The number of aliphatic hydroxyl groups is 1. The first kappa shape index (κ1) is 10.6. The molecular weight excluding hydrogens is 190 g/mol. The fourth-order valence-corrected chi connectivity index (χ4v) is 2.19. The molecule has 2 N–H and O–H groups in total. The number of aryl methyl sites for hydroxylation is 1. The molecule has 0 spiro atoms. The molecule has 84 valence electrons. The van der Waals surface area contributed by atoms with Gasteiger partial charge in [-0.25, -0.2) is 4.98 Å². The van der Waals surface area contributed by atoms with Gasteiger partial charge < -0.3 is 15.0 Å². The zero-order chi connectivity index (χ0) is 10.7. The van der Waals surface area contributed by atoms with Gasteiger partial charge in [0, 0.05) is 38.4 Å². The summed E-state index contributed by atoms with van der Waals surface area (Å²) in [6.45, 7) is 0.895. The van der Waals surface area contributed by atoms with Crippen LogP contribution in [-0.2, 0) is 13.5 Å². The zero-order valence-electron chi connectivity index (χ0n) is 9.19. The third-order valence-electron chi connectivity index (χ3n) is 3.16. The van der Waals surface area contributed by atoms with E-state index >= 15 is 0 Å². The van der Waals surface area contributed by atoms with E-state index in [1.165, 1.54) is 0 Å². The number of nitrogens with zero attached hydrogens (tertiary/aromatic N) is 2. The molecule has 1 aliphatic rings. The van der Waals surface area contributed by atoms with Crippen molar-refractivity contribution in [2.75, 3.05) is 6.54 Å². The molecule has 0 unspecified atom stereocenters. The minimum absolute atomic E-state index is 0.147. The van der Waals surface area contributed by atoms with E-state index in [0.717, 1.165) is 38.1 Å². The van der Waals surface area contributed by atoms with Crippen LogP contribution < -0.4 is 5.32 Å².